The van der Waals surface area contributed by atoms with Gasteiger partial charge in [-0.05, 0) is 6.92 Å². The van der Waals surface area contributed by atoms with Crippen molar-refractivity contribution in [3.63, 3.8) is 0 Å². The normalized spacial score (nSPS) is 13.4. The van der Waals surface area contributed by atoms with E-state index in [-0.39, 0.29) is 11.7 Å². The Kier molecular flexibility index (Phi) is 1.86. The van der Waals surface area contributed by atoms with Crippen LogP contribution in [0.2, 0.25) is 0 Å². The highest BCUT2D eigenvalue weighted by Crippen LogP contribution is 1.79. The molecule has 3 N–H and O–H groups in total. The van der Waals surface area contributed by atoms with Crippen molar-refractivity contribution >= 4 is 0 Å². The van der Waals surface area contributed by atoms with Crippen LogP contribution in [0.1, 0.15) is 6.92 Å². The van der Waals surface area contributed by atoms with Gasteiger partial charge in [0.05, 0.1) is 0 Å². The van der Waals surface area contributed by atoms with Crippen LogP contribution < -0.4 is 11.4 Å². The molecular weight excluding hydrogens is 132 g/mol. The van der Waals surface area contributed by atoms with Crippen LogP contribution in [0.3, 0.4) is 0 Å². The second-order valence-corrected chi connectivity index (χ2v) is 2.29. The van der Waals surface area contributed by atoms with Crippen molar-refractivity contribution < 1.29 is 0 Å². The van der Waals surface area contributed by atoms with Gasteiger partial charge in [-0.15, -0.1) is 0 Å². The van der Waals surface area contributed by atoms with E-state index in [9.17, 15) is 4.79 Å². The maximum absolute atomic E-state index is 10.7. The number of H-pyrrole nitrogens is 1. The first-order valence-electron chi connectivity index (χ1n) is 3.05. The predicted octanol–water partition coefficient (Wildman–Crippen LogP) is -1.08. The minimum atomic E-state index is -0.211. The zero-order chi connectivity index (χ0) is 7.56. The zero-order valence-corrected chi connectivity index (χ0v) is 5.74. The third-order valence-corrected chi connectivity index (χ3v) is 1.10. The van der Waals surface area contributed by atoms with Crippen molar-refractivity contribution in [1.29, 1.82) is 0 Å². The molecular formula is C5H10N4O. The van der Waals surface area contributed by atoms with E-state index in [0.29, 0.717) is 6.54 Å². The van der Waals surface area contributed by atoms with Crippen LogP contribution in [-0.4, -0.2) is 20.8 Å². The third kappa shape index (κ3) is 1.44. The number of nitrogens with two attached hydrogens (primary N) is 1. The van der Waals surface area contributed by atoms with E-state index in [2.05, 4.69) is 10.2 Å². The van der Waals surface area contributed by atoms with Crippen LogP contribution in [-0.2, 0) is 6.54 Å². The number of rotatable bonds is 2. The summed E-state index contributed by atoms with van der Waals surface area (Å²) in [4.78, 5) is 10.7. The summed E-state index contributed by atoms with van der Waals surface area (Å²) in [5.74, 6) is 0. The van der Waals surface area contributed by atoms with Crippen LogP contribution in [0.15, 0.2) is 11.1 Å². The van der Waals surface area contributed by atoms with E-state index in [1.54, 1.807) is 0 Å². The van der Waals surface area contributed by atoms with Crippen LogP contribution in [0.4, 0.5) is 0 Å². The average molecular weight is 142 g/mol. The minimum Gasteiger partial charge on any atom is -0.326 e. The Bertz CT molecular complexity index is 248. The summed E-state index contributed by atoms with van der Waals surface area (Å²) in [7, 11) is 0. The second-order valence-electron chi connectivity index (χ2n) is 2.29. The maximum Gasteiger partial charge on any atom is 0.343 e. The van der Waals surface area contributed by atoms with Gasteiger partial charge in [-0.2, -0.15) is 5.10 Å². The molecule has 0 aromatic carbocycles. The molecule has 1 aromatic rings. The van der Waals surface area contributed by atoms with Crippen molar-refractivity contribution in [1.82, 2.24) is 14.8 Å². The van der Waals surface area contributed by atoms with Gasteiger partial charge >= 0.3 is 5.69 Å². The summed E-state index contributed by atoms with van der Waals surface area (Å²) in [6.07, 6.45) is 1.44. The summed E-state index contributed by atoms with van der Waals surface area (Å²) in [5.41, 5.74) is 5.24. The van der Waals surface area contributed by atoms with Gasteiger partial charge < -0.3 is 5.73 Å². The SMILES string of the molecule is CC(N)Cn1cn[nH]c1=O. The van der Waals surface area contributed by atoms with Gasteiger partial charge in [0.25, 0.3) is 0 Å². The number of aromatic nitrogens is 3. The van der Waals surface area contributed by atoms with Gasteiger partial charge in [0.15, 0.2) is 0 Å². The van der Waals surface area contributed by atoms with Crippen molar-refractivity contribution in [2.45, 2.75) is 19.5 Å². The third-order valence-electron chi connectivity index (χ3n) is 1.10. The first kappa shape index (κ1) is 7.01. The van der Waals surface area contributed by atoms with Crippen LogP contribution in [0.5, 0.6) is 0 Å². The molecule has 0 aliphatic heterocycles. The van der Waals surface area contributed by atoms with Crippen molar-refractivity contribution in [2.75, 3.05) is 0 Å². The number of nitrogens with zero attached hydrogens (tertiary/aromatic N) is 2. The van der Waals surface area contributed by atoms with Crippen LogP contribution in [0, 0.1) is 0 Å². The van der Waals surface area contributed by atoms with E-state index in [1.807, 2.05) is 6.92 Å². The summed E-state index contributed by atoms with van der Waals surface area (Å²) in [6.45, 7) is 2.34. The van der Waals surface area contributed by atoms with Gasteiger partial charge in [0.1, 0.15) is 6.33 Å². The number of aromatic amines is 1. The first-order chi connectivity index (χ1) is 4.70. The first-order valence-corrected chi connectivity index (χ1v) is 3.05. The molecule has 56 valence electrons. The molecule has 1 rings (SSSR count). The molecule has 0 fully saturated rings. The molecule has 0 saturated heterocycles. The standard InChI is InChI=1S/C5H10N4O/c1-4(6)2-9-3-7-8-5(9)10/h3-4H,2,6H2,1H3,(H,8,10). The Morgan fingerprint density at radius 3 is 3.10 bits per heavy atom. The lowest BCUT2D eigenvalue weighted by molar-refractivity contribution is 0.575. The molecule has 1 atom stereocenters. The Balaban J connectivity index is 2.75. The summed E-state index contributed by atoms with van der Waals surface area (Å²) >= 11 is 0. The average Bonchev–Trinajstić information content (AvgIpc) is 2.15. The number of hydrogen-bond donors (Lipinski definition) is 2. The molecule has 10 heavy (non-hydrogen) atoms. The lowest BCUT2D eigenvalue weighted by atomic mass is 10.4. The van der Waals surface area contributed by atoms with Gasteiger partial charge in [0.2, 0.25) is 0 Å². The van der Waals surface area contributed by atoms with Crippen LogP contribution in [0.25, 0.3) is 0 Å². The molecule has 0 bridgehead atoms. The second kappa shape index (κ2) is 2.66. The lowest BCUT2D eigenvalue weighted by Gasteiger charge is -2.01. The van der Waals surface area contributed by atoms with Crippen LogP contribution >= 0.6 is 0 Å². The molecule has 0 radical (unpaired) electrons. The fourth-order valence-corrected chi connectivity index (χ4v) is 0.711. The molecule has 5 heteroatoms. The van der Waals surface area contributed by atoms with E-state index in [0.717, 1.165) is 0 Å². The monoisotopic (exact) mass is 142 g/mol. The number of hydrogen-bond acceptors (Lipinski definition) is 3. The van der Waals surface area contributed by atoms with Gasteiger partial charge in [-0.3, -0.25) is 4.57 Å². The Hall–Kier alpha value is -1.10. The molecule has 1 unspecified atom stereocenters. The van der Waals surface area contributed by atoms with Crippen molar-refractivity contribution in [2.24, 2.45) is 5.73 Å². The van der Waals surface area contributed by atoms with Gasteiger partial charge in [0, 0.05) is 12.6 Å². The fraction of sp³-hybridized carbons (Fsp3) is 0.600. The summed E-state index contributed by atoms with van der Waals surface area (Å²) in [5, 5.41) is 5.82. The molecule has 0 saturated carbocycles. The molecule has 1 heterocycles. The zero-order valence-electron chi connectivity index (χ0n) is 5.74. The van der Waals surface area contributed by atoms with E-state index < -0.39 is 0 Å². The van der Waals surface area contributed by atoms with E-state index in [1.165, 1.54) is 10.9 Å². The summed E-state index contributed by atoms with van der Waals surface area (Å²) < 4.78 is 1.44. The Morgan fingerprint density at radius 2 is 2.70 bits per heavy atom. The Morgan fingerprint density at radius 1 is 2.00 bits per heavy atom. The Labute approximate surface area is 57.9 Å². The van der Waals surface area contributed by atoms with E-state index in [4.69, 9.17) is 5.73 Å². The smallest absolute Gasteiger partial charge is 0.326 e. The highest BCUT2D eigenvalue weighted by Gasteiger charge is 1.98. The predicted molar refractivity (Wildman–Crippen MR) is 36.5 cm³/mol. The summed E-state index contributed by atoms with van der Waals surface area (Å²) in [6, 6.07) is -0.0182. The largest absolute Gasteiger partial charge is 0.343 e. The van der Waals surface area contributed by atoms with E-state index >= 15 is 0 Å². The van der Waals surface area contributed by atoms with Gasteiger partial charge in [-0.1, -0.05) is 0 Å². The highest BCUT2D eigenvalue weighted by molar-refractivity contribution is 4.65. The van der Waals surface area contributed by atoms with Gasteiger partial charge in [-0.25, -0.2) is 9.89 Å². The number of nitrogens with one attached hydrogen (secondary N) is 1. The van der Waals surface area contributed by atoms with Crippen molar-refractivity contribution in [3.05, 3.63) is 16.8 Å². The highest BCUT2D eigenvalue weighted by atomic mass is 16.1. The molecule has 5 nitrogen and oxygen atoms in total. The molecule has 0 aliphatic carbocycles. The topological polar surface area (TPSA) is 76.7 Å². The molecule has 0 aliphatic rings. The molecule has 1 aromatic heterocycles. The maximum atomic E-state index is 10.7. The molecule has 0 spiro atoms. The quantitative estimate of drug-likeness (QED) is 0.551. The molecule has 0 amide bonds. The lowest BCUT2D eigenvalue weighted by Crippen LogP contribution is -2.27. The minimum absolute atomic E-state index is 0.0182. The van der Waals surface area contributed by atoms with Crippen molar-refractivity contribution in [3.8, 4) is 0 Å². The fourth-order valence-electron chi connectivity index (χ4n) is 0.711.